The van der Waals surface area contributed by atoms with Gasteiger partial charge in [-0.2, -0.15) is 0 Å². The van der Waals surface area contributed by atoms with E-state index in [0.717, 1.165) is 36.1 Å². The van der Waals surface area contributed by atoms with E-state index in [1.54, 1.807) is 6.07 Å². The van der Waals surface area contributed by atoms with Crippen LogP contribution < -0.4 is 10.6 Å². The molecule has 1 fully saturated rings. The summed E-state index contributed by atoms with van der Waals surface area (Å²) < 4.78 is 0. The number of nitrogens with one attached hydrogen (secondary N) is 2. The van der Waals surface area contributed by atoms with Gasteiger partial charge in [0.2, 0.25) is 0 Å². The fourth-order valence-corrected chi connectivity index (χ4v) is 2.98. The monoisotopic (exact) mass is 286 g/mol. The van der Waals surface area contributed by atoms with Crippen LogP contribution in [0.15, 0.2) is 18.2 Å². The summed E-state index contributed by atoms with van der Waals surface area (Å²) in [5, 5.41) is 8.42. The average Bonchev–Trinajstić information content (AvgIpc) is 2.37. The van der Waals surface area contributed by atoms with Crippen LogP contribution >= 0.6 is 23.2 Å². The minimum absolute atomic E-state index is 0.261. The first-order valence-corrected chi connectivity index (χ1v) is 7.31. The zero-order valence-electron chi connectivity index (χ0n) is 10.7. The first-order valence-electron chi connectivity index (χ1n) is 6.56. The van der Waals surface area contributed by atoms with Crippen molar-refractivity contribution in [3.63, 3.8) is 0 Å². The number of hydrogen-bond donors (Lipinski definition) is 2. The predicted octanol–water partition coefficient (Wildman–Crippen LogP) is 3.64. The Labute approximate surface area is 119 Å². The van der Waals surface area contributed by atoms with Crippen LogP contribution in [0.1, 0.15) is 31.4 Å². The summed E-state index contributed by atoms with van der Waals surface area (Å²) in [6.45, 7) is 5.46. The highest BCUT2D eigenvalue weighted by Crippen LogP contribution is 2.26. The Morgan fingerprint density at radius 2 is 2.28 bits per heavy atom. The van der Waals surface area contributed by atoms with E-state index in [1.807, 2.05) is 12.1 Å². The Kier molecular flexibility index (Phi) is 5.31. The van der Waals surface area contributed by atoms with Crippen LogP contribution in [-0.4, -0.2) is 19.6 Å². The normalized spacial score (nSPS) is 21.8. The first-order chi connectivity index (χ1) is 8.66. The second-order valence-electron chi connectivity index (χ2n) is 5.01. The predicted molar refractivity (Wildman–Crippen MR) is 78.5 cm³/mol. The number of halogens is 2. The highest BCUT2D eigenvalue weighted by molar-refractivity contribution is 6.35. The average molecular weight is 287 g/mol. The summed E-state index contributed by atoms with van der Waals surface area (Å²) in [6, 6.07) is 5.96. The van der Waals surface area contributed by atoms with Crippen LogP contribution in [0.25, 0.3) is 0 Å². The van der Waals surface area contributed by atoms with Crippen molar-refractivity contribution in [3.8, 4) is 0 Å². The summed E-state index contributed by atoms with van der Waals surface area (Å²) in [5.74, 6) is 0.729. The topological polar surface area (TPSA) is 24.1 Å². The van der Waals surface area contributed by atoms with Gasteiger partial charge in [-0.1, -0.05) is 29.3 Å². The molecular formula is C14H20Cl2N2. The van der Waals surface area contributed by atoms with E-state index in [4.69, 9.17) is 23.2 Å². The molecule has 2 N–H and O–H groups in total. The van der Waals surface area contributed by atoms with Gasteiger partial charge in [0.25, 0.3) is 0 Å². The second-order valence-corrected chi connectivity index (χ2v) is 5.85. The third kappa shape index (κ3) is 3.86. The molecule has 100 valence electrons. The van der Waals surface area contributed by atoms with E-state index in [1.165, 1.54) is 12.8 Å². The molecule has 0 aliphatic carbocycles. The Hall–Kier alpha value is -0.280. The molecule has 2 nitrogen and oxygen atoms in total. The first kappa shape index (κ1) is 14.1. The summed E-state index contributed by atoms with van der Waals surface area (Å²) >= 11 is 12.1. The standard InChI is InChI=1S/C14H20Cl2N2/c1-10(13-5-4-12(15)7-14(13)16)18-9-11-3-2-6-17-8-11/h4-5,7,10-11,17-18H,2-3,6,8-9H2,1H3. The fourth-order valence-electron chi connectivity index (χ4n) is 2.40. The third-order valence-electron chi connectivity index (χ3n) is 3.54. The van der Waals surface area contributed by atoms with Crippen LogP contribution in [0.4, 0.5) is 0 Å². The third-order valence-corrected chi connectivity index (χ3v) is 4.10. The van der Waals surface area contributed by atoms with Gasteiger partial charge in [0.05, 0.1) is 0 Å². The molecular weight excluding hydrogens is 267 g/mol. The lowest BCUT2D eigenvalue weighted by Crippen LogP contribution is -2.36. The summed E-state index contributed by atoms with van der Waals surface area (Å²) in [6.07, 6.45) is 2.59. The van der Waals surface area contributed by atoms with Gasteiger partial charge in [0.15, 0.2) is 0 Å². The van der Waals surface area contributed by atoms with Crippen LogP contribution in [-0.2, 0) is 0 Å². The molecule has 4 heteroatoms. The molecule has 0 radical (unpaired) electrons. The molecule has 2 unspecified atom stereocenters. The maximum atomic E-state index is 6.21. The second kappa shape index (κ2) is 6.76. The molecule has 2 rings (SSSR count). The minimum Gasteiger partial charge on any atom is -0.316 e. The van der Waals surface area contributed by atoms with Gasteiger partial charge in [-0.05, 0) is 63.0 Å². The SMILES string of the molecule is CC(NCC1CCCNC1)c1ccc(Cl)cc1Cl. The van der Waals surface area contributed by atoms with Gasteiger partial charge in [-0.15, -0.1) is 0 Å². The summed E-state index contributed by atoms with van der Waals surface area (Å²) in [5.41, 5.74) is 1.12. The van der Waals surface area contributed by atoms with Crippen LogP contribution in [0.3, 0.4) is 0 Å². The quantitative estimate of drug-likeness (QED) is 0.883. The molecule has 0 amide bonds. The van der Waals surface area contributed by atoms with Crippen molar-refractivity contribution >= 4 is 23.2 Å². The van der Waals surface area contributed by atoms with E-state index in [0.29, 0.717) is 5.02 Å². The lowest BCUT2D eigenvalue weighted by atomic mass is 9.99. The fraction of sp³-hybridized carbons (Fsp3) is 0.571. The van der Waals surface area contributed by atoms with E-state index < -0.39 is 0 Å². The van der Waals surface area contributed by atoms with Crippen molar-refractivity contribution in [2.45, 2.75) is 25.8 Å². The van der Waals surface area contributed by atoms with Gasteiger partial charge in [-0.25, -0.2) is 0 Å². The Morgan fingerprint density at radius 3 is 2.94 bits per heavy atom. The molecule has 1 heterocycles. The number of rotatable bonds is 4. The molecule has 0 spiro atoms. The maximum absolute atomic E-state index is 6.21. The van der Waals surface area contributed by atoms with E-state index in [-0.39, 0.29) is 6.04 Å². The van der Waals surface area contributed by atoms with Crippen molar-refractivity contribution in [3.05, 3.63) is 33.8 Å². The number of benzene rings is 1. The molecule has 0 bridgehead atoms. The molecule has 1 aromatic rings. The molecule has 18 heavy (non-hydrogen) atoms. The zero-order valence-corrected chi connectivity index (χ0v) is 12.2. The van der Waals surface area contributed by atoms with Crippen molar-refractivity contribution in [2.75, 3.05) is 19.6 Å². The van der Waals surface area contributed by atoms with Gasteiger partial charge in [0.1, 0.15) is 0 Å². The summed E-state index contributed by atoms with van der Waals surface area (Å²) in [7, 11) is 0. The highest BCUT2D eigenvalue weighted by Gasteiger charge is 2.15. The highest BCUT2D eigenvalue weighted by atomic mass is 35.5. The lowest BCUT2D eigenvalue weighted by Gasteiger charge is -2.25. The maximum Gasteiger partial charge on any atom is 0.0468 e. The summed E-state index contributed by atoms with van der Waals surface area (Å²) in [4.78, 5) is 0. The Bertz CT molecular complexity index is 389. The van der Waals surface area contributed by atoms with Gasteiger partial charge >= 0.3 is 0 Å². The lowest BCUT2D eigenvalue weighted by molar-refractivity contribution is 0.348. The van der Waals surface area contributed by atoms with E-state index in [2.05, 4.69) is 17.6 Å². The molecule has 1 aliphatic rings. The van der Waals surface area contributed by atoms with Gasteiger partial charge in [-0.3, -0.25) is 0 Å². The van der Waals surface area contributed by atoms with Crippen LogP contribution in [0, 0.1) is 5.92 Å². The van der Waals surface area contributed by atoms with Crippen molar-refractivity contribution < 1.29 is 0 Å². The van der Waals surface area contributed by atoms with Gasteiger partial charge in [0, 0.05) is 16.1 Å². The van der Waals surface area contributed by atoms with Crippen molar-refractivity contribution in [2.24, 2.45) is 5.92 Å². The smallest absolute Gasteiger partial charge is 0.0468 e. The van der Waals surface area contributed by atoms with Crippen molar-refractivity contribution in [1.29, 1.82) is 0 Å². The molecule has 2 atom stereocenters. The van der Waals surface area contributed by atoms with Crippen LogP contribution in [0.5, 0.6) is 0 Å². The van der Waals surface area contributed by atoms with Crippen molar-refractivity contribution in [1.82, 2.24) is 10.6 Å². The van der Waals surface area contributed by atoms with E-state index in [9.17, 15) is 0 Å². The van der Waals surface area contributed by atoms with Crippen LogP contribution in [0.2, 0.25) is 10.0 Å². The largest absolute Gasteiger partial charge is 0.316 e. The number of piperidine rings is 1. The molecule has 1 saturated heterocycles. The molecule has 1 aromatic carbocycles. The number of hydrogen-bond acceptors (Lipinski definition) is 2. The Balaban J connectivity index is 1.88. The molecule has 0 aromatic heterocycles. The Morgan fingerprint density at radius 1 is 1.44 bits per heavy atom. The molecule has 0 saturated carbocycles. The zero-order chi connectivity index (χ0) is 13.0. The van der Waals surface area contributed by atoms with Gasteiger partial charge < -0.3 is 10.6 Å². The minimum atomic E-state index is 0.261. The molecule has 1 aliphatic heterocycles. The van der Waals surface area contributed by atoms with E-state index >= 15 is 0 Å².